The van der Waals surface area contributed by atoms with Crippen LogP contribution in [0.3, 0.4) is 0 Å². The Morgan fingerprint density at radius 3 is 2.36 bits per heavy atom. The predicted octanol–water partition coefficient (Wildman–Crippen LogP) is 1.23. The van der Waals surface area contributed by atoms with Gasteiger partial charge in [-0.15, -0.1) is 0 Å². The molecular formula is C8H11NOS. The minimum Gasteiger partial charge on any atom is -0.399 e. The van der Waals surface area contributed by atoms with E-state index in [0.717, 1.165) is 11.3 Å². The molecule has 0 aromatic heterocycles. The van der Waals surface area contributed by atoms with Crippen molar-refractivity contribution < 1.29 is 5.11 Å². The smallest absolute Gasteiger partial charge is 0.0588 e. The molecule has 1 aromatic carbocycles. The number of benzene rings is 1. The van der Waals surface area contributed by atoms with Gasteiger partial charge in [0.25, 0.3) is 0 Å². The molecule has 0 aliphatic carbocycles. The molecule has 0 spiro atoms. The van der Waals surface area contributed by atoms with E-state index in [1.54, 1.807) is 12.1 Å². The molecule has 0 heterocycles. The van der Waals surface area contributed by atoms with Crippen LogP contribution in [0, 0.1) is 0 Å². The summed E-state index contributed by atoms with van der Waals surface area (Å²) in [5, 5.41) is 8.65. The third-order valence-corrected chi connectivity index (χ3v) is 1.96. The highest BCUT2D eigenvalue weighted by Crippen LogP contribution is 2.19. The van der Waals surface area contributed by atoms with Gasteiger partial charge in [-0.3, -0.25) is 0 Å². The van der Waals surface area contributed by atoms with E-state index in [9.17, 15) is 0 Å². The summed E-state index contributed by atoms with van der Waals surface area (Å²) in [6.07, 6.45) is 0. The molecule has 0 radical (unpaired) electrons. The normalized spacial score (nSPS) is 12.9. The Morgan fingerprint density at radius 1 is 1.36 bits per heavy atom. The quantitative estimate of drug-likeness (QED) is 0.460. The molecular weight excluding hydrogens is 158 g/mol. The summed E-state index contributed by atoms with van der Waals surface area (Å²) >= 11 is 4.16. The van der Waals surface area contributed by atoms with Crippen molar-refractivity contribution >= 4 is 18.3 Å². The van der Waals surface area contributed by atoms with Gasteiger partial charge in [0.05, 0.1) is 6.61 Å². The van der Waals surface area contributed by atoms with Gasteiger partial charge < -0.3 is 10.8 Å². The second-order valence-corrected chi connectivity index (χ2v) is 2.99. The summed E-state index contributed by atoms with van der Waals surface area (Å²) in [4.78, 5) is 0. The van der Waals surface area contributed by atoms with Gasteiger partial charge in [-0.2, -0.15) is 12.6 Å². The Kier molecular flexibility index (Phi) is 2.79. The zero-order valence-electron chi connectivity index (χ0n) is 6.07. The molecule has 60 valence electrons. The van der Waals surface area contributed by atoms with E-state index in [1.165, 1.54) is 0 Å². The van der Waals surface area contributed by atoms with Gasteiger partial charge in [0.15, 0.2) is 0 Å². The number of hydrogen-bond acceptors (Lipinski definition) is 3. The predicted molar refractivity (Wildman–Crippen MR) is 49.7 cm³/mol. The fourth-order valence-electron chi connectivity index (χ4n) is 0.824. The minimum atomic E-state index is -0.101. The lowest BCUT2D eigenvalue weighted by Crippen LogP contribution is -1.95. The van der Waals surface area contributed by atoms with Crippen molar-refractivity contribution in [2.75, 3.05) is 12.3 Å². The van der Waals surface area contributed by atoms with E-state index in [4.69, 9.17) is 10.8 Å². The van der Waals surface area contributed by atoms with Crippen LogP contribution in [0.1, 0.15) is 10.8 Å². The highest BCUT2D eigenvalue weighted by molar-refractivity contribution is 7.80. The summed E-state index contributed by atoms with van der Waals surface area (Å²) in [6, 6.07) is 7.33. The molecule has 1 atom stereocenters. The highest BCUT2D eigenvalue weighted by Gasteiger charge is 2.02. The number of aliphatic hydroxyl groups is 1. The Labute approximate surface area is 71.5 Å². The molecule has 0 bridgehead atoms. The van der Waals surface area contributed by atoms with Crippen LogP contribution in [0.5, 0.6) is 0 Å². The summed E-state index contributed by atoms with van der Waals surface area (Å²) in [7, 11) is 0. The molecule has 0 saturated heterocycles. The lowest BCUT2D eigenvalue weighted by Gasteiger charge is -2.06. The van der Waals surface area contributed by atoms with Crippen LogP contribution >= 0.6 is 12.6 Å². The molecule has 1 aromatic rings. The first kappa shape index (κ1) is 8.43. The van der Waals surface area contributed by atoms with Crippen LogP contribution in [0.2, 0.25) is 0 Å². The van der Waals surface area contributed by atoms with E-state index in [0.29, 0.717) is 0 Å². The largest absolute Gasteiger partial charge is 0.399 e. The van der Waals surface area contributed by atoms with E-state index in [1.807, 2.05) is 12.1 Å². The van der Waals surface area contributed by atoms with Gasteiger partial charge in [0.1, 0.15) is 0 Å². The van der Waals surface area contributed by atoms with Gasteiger partial charge in [-0.05, 0) is 17.7 Å². The van der Waals surface area contributed by atoms with Gasteiger partial charge in [0, 0.05) is 10.9 Å². The number of aliphatic hydroxyl groups excluding tert-OH is 1. The molecule has 0 saturated carbocycles. The summed E-state index contributed by atoms with van der Waals surface area (Å²) < 4.78 is 0. The second-order valence-electron chi connectivity index (χ2n) is 2.37. The summed E-state index contributed by atoms with van der Waals surface area (Å²) in [5.74, 6) is 0. The molecule has 0 aliphatic heterocycles. The molecule has 1 rings (SSSR count). The third kappa shape index (κ3) is 2.13. The van der Waals surface area contributed by atoms with E-state index in [2.05, 4.69) is 12.6 Å². The SMILES string of the molecule is Nc1ccc(C(S)CO)cc1. The number of nitrogen functional groups attached to an aromatic ring is 1. The van der Waals surface area contributed by atoms with Crippen molar-refractivity contribution in [2.45, 2.75) is 5.25 Å². The second kappa shape index (κ2) is 3.64. The maximum Gasteiger partial charge on any atom is 0.0588 e. The molecule has 2 nitrogen and oxygen atoms in total. The fourth-order valence-corrected chi connectivity index (χ4v) is 0.996. The molecule has 11 heavy (non-hydrogen) atoms. The van der Waals surface area contributed by atoms with Crippen LogP contribution in [0.15, 0.2) is 24.3 Å². The number of anilines is 1. The number of thiol groups is 1. The van der Waals surface area contributed by atoms with Gasteiger partial charge in [-0.1, -0.05) is 12.1 Å². The van der Waals surface area contributed by atoms with Crippen molar-refractivity contribution in [3.63, 3.8) is 0 Å². The van der Waals surface area contributed by atoms with Crippen LogP contribution in [0.25, 0.3) is 0 Å². The van der Waals surface area contributed by atoms with Crippen molar-refractivity contribution in [3.05, 3.63) is 29.8 Å². The first-order valence-electron chi connectivity index (χ1n) is 3.38. The first-order chi connectivity index (χ1) is 5.24. The average molecular weight is 169 g/mol. The average Bonchev–Trinajstić information content (AvgIpc) is 2.05. The monoisotopic (exact) mass is 169 g/mol. The van der Waals surface area contributed by atoms with E-state index < -0.39 is 0 Å². The van der Waals surface area contributed by atoms with Crippen molar-refractivity contribution in [2.24, 2.45) is 0 Å². The molecule has 0 aliphatic rings. The summed E-state index contributed by atoms with van der Waals surface area (Å²) in [6.45, 7) is 0.0486. The topological polar surface area (TPSA) is 46.2 Å². The van der Waals surface area contributed by atoms with E-state index >= 15 is 0 Å². The Balaban J connectivity index is 2.81. The van der Waals surface area contributed by atoms with Gasteiger partial charge in [-0.25, -0.2) is 0 Å². The lowest BCUT2D eigenvalue weighted by molar-refractivity contribution is 0.297. The van der Waals surface area contributed by atoms with Crippen LogP contribution in [-0.2, 0) is 0 Å². The molecule has 0 fully saturated rings. The summed E-state index contributed by atoms with van der Waals surface area (Å²) in [5.41, 5.74) is 7.20. The molecule has 1 unspecified atom stereocenters. The van der Waals surface area contributed by atoms with Crippen molar-refractivity contribution in [1.82, 2.24) is 0 Å². The highest BCUT2D eigenvalue weighted by atomic mass is 32.1. The number of hydrogen-bond donors (Lipinski definition) is 3. The van der Waals surface area contributed by atoms with Gasteiger partial charge in [0.2, 0.25) is 0 Å². The fraction of sp³-hybridized carbons (Fsp3) is 0.250. The van der Waals surface area contributed by atoms with Crippen LogP contribution in [0.4, 0.5) is 5.69 Å². The lowest BCUT2D eigenvalue weighted by atomic mass is 10.1. The minimum absolute atomic E-state index is 0.0486. The zero-order valence-corrected chi connectivity index (χ0v) is 6.96. The van der Waals surface area contributed by atoms with Crippen LogP contribution < -0.4 is 5.73 Å². The van der Waals surface area contributed by atoms with Crippen molar-refractivity contribution in [1.29, 1.82) is 0 Å². The van der Waals surface area contributed by atoms with Crippen molar-refractivity contribution in [3.8, 4) is 0 Å². The molecule has 3 heteroatoms. The third-order valence-electron chi connectivity index (χ3n) is 1.49. The Bertz CT molecular complexity index is 222. The first-order valence-corrected chi connectivity index (χ1v) is 3.90. The van der Waals surface area contributed by atoms with E-state index in [-0.39, 0.29) is 11.9 Å². The number of rotatable bonds is 2. The number of nitrogens with two attached hydrogens (primary N) is 1. The Hall–Kier alpha value is -0.670. The maximum absolute atomic E-state index is 8.75. The maximum atomic E-state index is 8.75. The zero-order chi connectivity index (χ0) is 8.27. The van der Waals surface area contributed by atoms with Gasteiger partial charge >= 0.3 is 0 Å². The Morgan fingerprint density at radius 2 is 1.91 bits per heavy atom. The standard InChI is InChI=1S/C8H11NOS/c9-7-3-1-6(2-4-7)8(11)5-10/h1-4,8,10-11H,5,9H2. The molecule has 3 N–H and O–H groups in total. The van der Waals surface area contributed by atoms with Crippen LogP contribution in [-0.4, -0.2) is 11.7 Å². The molecule has 0 amide bonds.